The maximum Gasteiger partial charge on any atom is 0.290 e. The van der Waals surface area contributed by atoms with Crippen LogP contribution >= 0.6 is 0 Å². The highest BCUT2D eigenvalue weighted by Crippen LogP contribution is 2.04. The van der Waals surface area contributed by atoms with Gasteiger partial charge in [0.2, 0.25) is 5.91 Å². The minimum absolute atomic E-state index is 0.0351. The van der Waals surface area contributed by atoms with Gasteiger partial charge in [0.05, 0.1) is 6.54 Å². The van der Waals surface area contributed by atoms with E-state index in [4.69, 9.17) is 4.52 Å². The van der Waals surface area contributed by atoms with Crippen molar-refractivity contribution >= 4 is 11.8 Å². The van der Waals surface area contributed by atoms with Crippen LogP contribution in [0.3, 0.4) is 0 Å². The molecule has 2 rings (SSSR count). The van der Waals surface area contributed by atoms with Crippen molar-refractivity contribution in [2.75, 3.05) is 33.2 Å². The molecule has 1 amide bonds. The number of amides is 1. The summed E-state index contributed by atoms with van der Waals surface area (Å²) in [7, 11) is 1.55. The van der Waals surface area contributed by atoms with Crippen LogP contribution in [0.25, 0.3) is 0 Å². The lowest BCUT2D eigenvalue weighted by atomic mass is 10.1. The van der Waals surface area contributed by atoms with Crippen LogP contribution in [0.1, 0.15) is 10.6 Å². The number of hydrogen-bond donors (Lipinski definition) is 2. The minimum Gasteiger partial charge on any atom is -0.373 e. The van der Waals surface area contributed by atoms with Gasteiger partial charge in [-0.1, -0.05) is 0 Å². The fourth-order valence-electron chi connectivity index (χ4n) is 2.22. The van der Waals surface area contributed by atoms with Gasteiger partial charge in [0.1, 0.15) is 11.8 Å². The van der Waals surface area contributed by atoms with Gasteiger partial charge >= 0.3 is 0 Å². The zero-order chi connectivity index (χ0) is 14.7. The second kappa shape index (κ2) is 6.02. The average molecular weight is 282 g/mol. The number of hydrogen-bond acceptors (Lipinski definition) is 6. The molecule has 1 aliphatic rings. The number of piperazine rings is 1. The molecule has 20 heavy (non-hydrogen) atoms. The van der Waals surface area contributed by atoms with Crippen LogP contribution in [-0.2, 0) is 4.79 Å². The third-order valence-corrected chi connectivity index (χ3v) is 3.23. The molecular weight excluding hydrogens is 264 g/mol. The molecule has 110 valence electrons. The molecular formula is C12H18N4O4. The topological polar surface area (TPSA) is 96.6 Å². The first-order valence-electron chi connectivity index (χ1n) is 6.42. The molecule has 1 saturated heterocycles. The van der Waals surface area contributed by atoms with Crippen LogP contribution in [0.5, 0.6) is 0 Å². The molecule has 0 aromatic carbocycles. The van der Waals surface area contributed by atoms with Crippen LogP contribution in [0.15, 0.2) is 15.4 Å². The lowest BCUT2D eigenvalue weighted by Gasteiger charge is -2.33. The second-order valence-electron chi connectivity index (χ2n) is 4.68. The molecule has 1 fully saturated rings. The van der Waals surface area contributed by atoms with Crippen molar-refractivity contribution in [2.45, 2.75) is 13.0 Å². The normalized spacial score (nSPS) is 19.8. The molecule has 0 bridgehead atoms. The number of nitrogens with one attached hydrogen (secondary N) is 2. The van der Waals surface area contributed by atoms with E-state index in [1.807, 2.05) is 0 Å². The first kappa shape index (κ1) is 14.5. The molecule has 0 radical (unpaired) electrons. The number of rotatable bonds is 3. The Morgan fingerprint density at radius 2 is 2.30 bits per heavy atom. The van der Waals surface area contributed by atoms with Crippen molar-refractivity contribution in [3.63, 3.8) is 0 Å². The van der Waals surface area contributed by atoms with Crippen LogP contribution in [0, 0.1) is 6.92 Å². The van der Waals surface area contributed by atoms with Crippen LogP contribution in [0.2, 0.25) is 0 Å². The largest absolute Gasteiger partial charge is 0.373 e. The van der Waals surface area contributed by atoms with Gasteiger partial charge in [0, 0.05) is 32.7 Å². The van der Waals surface area contributed by atoms with Crippen molar-refractivity contribution in [1.82, 2.24) is 20.3 Å². The van der Waals surface area contributed by atoms with Gasteiger partial charge in [0.25, 0.3) is 11.5 Å². The number of nitrogens with zero attached hydrogens (tertiary/aromatic N) is 2. The molecule has 8 heteroatoms. The van der Waals surface area contributed by atoms with Crippen molar-refractivity contribution in [3.8, 4) is 0 Å². The maximum atomic E-state index is 12.1. The molecule has 2 N–H and O–H groups in total. The summed E-state index contributed by atoms with van der Waals surface area (Å²) < 4.78 is 5.79. The summed E-state index contributed by atoms with van der Waals surface area (Å²) in [6.45, 7) is 3.28. The summed E-state index contributed by atoms with van der Waals surface area (Å²) in [6, 6.07) is 0.829. The van der Waals surface area contributed by atoms with Crippen molar-refractivity contribution in [1.29, 1.82) is 0 Å². The third-order valence-electron chi connectivity index (χ3n) is 3.23. The van der Waals surface area contributed by atoms with E-state index in [1.54, 1.807) is 18.9 Å². The van der Waals surface area contributed by atoms with E-state index in [-0.39, 0.29) is 12.5 Å². The van der Waals surface area contributed by atoms with Gasteiger partial charge in [0.15, 0.2) is 0 Å². The Morgan fingerprint density at radius 1 is 1.55 bits per heavy atom. The van der Waals surface area contributed by atoms with Crippen LogP contribution < -0.4 is 16.2 Å². The molecule has 0 aliphatic carbocycles. The highest BCUT2D eigenvalue weighted by Gasteiger charge is 2.30. The fourth-order valence-corrected chi connectivity index (χ4v) is 2.22. The van der Waals surface area contributed by atoms with Gasteiger partial charge in [-0.2, -0.15) is 0 Å². The second-order valence-corrected chi connectivity index (χ2v) is 4.68. The van der Waals surface area contributed by atoms with Gasteiger partial charge < -0.3 is 15.2 Å². The number of likely N-dealkylation sites (N-methyl/N-ethyl adjacent to an activating group) is 1. The summed E-state index contributed by atoms with van der Waals surface area (Å²) in [4.78, 5) is 37.1. The molecule has 1 aromatic rings. The molecule has 0 spiro atoms. The lowest BCUT2D eigenvalue weighted by molar-refractivity contribution is -0.126. The Labute approximate surface area is 115 Å². The number of carbonyl (C=O) groups is 2. The summed E-state index contributed by atoms with van der Waals surface area (Å²) in [5, 5.41) is 5.67. The Bertz CT molecular complexity index is 562. The van der Waals surface area contributed by atoms with Crippen molar-refractivity contribution in [3.05, 3.63) is 22.2 Å². The highest BCUT2D eigenvalue weighted by molar-refractivity contribution is 5.84. The van der Waals surface area contributed by atoms with Gasteiger partial charge in [-0.25, -0.2) is 0 Å². The van der Waals surface area contributed by atoms with Gasteiger partial charge in [-0.05, 0) is 6.92 Å². The predicted octanol–water partition coefficient (Wildman–Crippen LogP) is -1.59. The van der Waals surface area contributed by atoms with E-state index in [1.165, 1.54) is 6.07 Å². The zero-order valence-electron chi connectivity index (χ0n) is 11.5. The Kier molecular flexibility index (Phi) is 4.35. The van der Waals surface area contributed by atoms with E-state index in [0.717, 1.165) is 4.74 Å². The summed E-state index contributed by atoms with van der Waals surface area (Å²) in [6.07, 6.45) is 0. The SMILES string of the molecule is CNC(=O)C1CNCCN1CC(=O)n1oc(C)cc1=O. The summed E-state index contributed by atoms with van der Waals surface area (Å²) in [5.74, 6) is -0.251. The first-order valence-corrected chi connectivity index (χ1v) is 6.42. The average Bonchev–Trinajstić information content (AvgIpc) is 2.77. The molecule has 8 nitrogen and oxygen atoms in total. The molecule has 1 unspecified atom stereocenters. The number of carbonyl (C=O) groups excluding carboxylic acids is 2. The number of aryl methyl sites for hydroxylation is 1. The molecule has 0 saturated carbocycles. The quantitative estimate of drug-likeness (QED) is 0.694. The molecule has 1 aromatic heterocycles. The third kappa shape index (κ3) is 2.97. The smallest absolute Gasteiger partial charge is 0.290 e. The molecule has 2 heterocycles. The van der Waals surface area contributed by atoms with Crippen LogP contribution in [-0.4, -0.2) is 60.7 Å². The van der Waals surface area contributed by atoms with Gasteiger partial charge in [-0.15, -0.1) is 4.74 Å². The highest BCUT2D eigenvalue weighted by atomic mass is 16.5. The monoisotopic (exact) mass is 282 g/mol. The lowest BCUT2D eigenvalue weighted by Crippen LogP contribution is -2.58. The Balaban J connectivity index is 2.10. The van der Waals surface area contributed by atoms with Crippen molar-refractivity contribution < 1.29 is 14.1 Å². The minimum atomic E-state index is -0.487. The van der Waals surface area contributed by atoms with Gasteiger partial charge in [-0.3, -0.25) is 19.3 Å². The first-order chi connectivity index (χ1) is 9.52. The van der Waals surface area contributed by atoms with E-state index in [2.05, 4.69) is 10.6 Å². The molecule has 1 atom stereocenters. The van der Waals surface area contributed by atoms with Crippen LogP contribution in [0.4, 0.5) is 0 Å². The van der Waals surface area contributed by atoms with E-state index in [0.29, 0.717) is 25.4 Å². The predicted molar refractivity (Wildman–Crippen MR) is 70.6 cm³/mol. The maximum absolute atomic E-state index is 12.1. The van der Waals surface area contributed by atoms with E-state index in [9.17, 15) is 14.4 Å². The standard InChI is InChI=1S/C12H18N4O4/c1-8-5-10(17)16(20-8)11(18)7-15-4-3-14-6-9(15)12(19)13-2/h5,9,14H,3-4,6-7H2,1-2H3,(H,13,19). The number of aromatic nitrogens is 1. The fraction of sp³-hybridized carbons (Fsp3) is 0.583. The van der Waals surface area contributed by atoms with E-state index >= 15 is 0 Å². The molecule has 1 aliphatic heterocycles. The summed E-state index contributed by atoms with van der Waals surface area (Å²) in [5.41, 5.74) is -0.487. The summed E-state index contributed by atoms with van der Waals surface area (Å²) >= 11 is 0. The van der Waals surface area contributed by atoms with Crippen molar-refractivity contribution in [2.24, 2.45) is 0 Å². The Hall–Kier alpha value is -1.93. The Morgan fingerprint density at radius 3 is 2.90 bits per heavy atom. The zero-order valence-corrected chi connectivity index (χ0v) is 11.5. The van der Waals surface area contributed by atoms with E-state index < -0.39 is 17.5 Å².